The van der Waals surface area contributed by atoms with Crippen molar-refractivity contribution in [2.45, 2.75) is 119 Å². The molecule has 0 saturated heterocycles. The van der Waals surface area contributed by atoms with Crippen molar-refractivity contribution in [1.82, 2.24) is 0 Å². The van der Waals surface area contributed by atoms with E-state index in [9.17, 15) is 0 Å². The molecule has 0 N–H and O–H groups in total. The molecular formula is C28H52. The van der Waals surface area contributed by atoms with Gasteiger partial charge in [0.15, 0.2) is 0 Å². The predicted molar refractivity (Wildman–Crippen MR) is 124 cm³/mol. The summed E-state index contributed by atoms with van der Waals surface area (Å²) < 4.78 is 0. The summed E-state index contributed by atoms with van der Waals surface area (Å²) in [6.45, 7) is 13.1. The van der Waals surface area contributed by atoms with Crippen molar-refractivity contribution >= 4 is 0 Å². The smallest absolute Gasteiger partial charge is 0.0352 e. The van der Waals surface area contributed by atoms with Crippen LogP contribution in [0.3, 0.4) is 0 Å². The molecule has 0 aromatic rings. The van der Waals surface area contributed by atoms with Gasteiger partial charge in [-0.05, 0) is 123 Å². The zero-order valence-electron chi connectivity index (χ0n) is 20.3. The summed E-state index contributed by atoms with van der Waals surface area (Å²) in [5, 5.41) is 0. The first-order chi connectivity index (χ1) is 13.6. The average Bonchev–Trinajstić information content (AvgIpc) is 3.51. The lowest BCUT2D eigenvalue weighted by molar-refractivity contribution is 0.259. The van der Waals surface area contributed by atoms with Crippen molar-refractivity contribution in [3.05, 3.63) is 0 Å². The summed E-state index contributed by atoms with van der Waals surface area (Å²) in [6.07, 6.45) is 18.6. The largest absolute Gasteiger partial charge is 0.0683 e. The van der Waals surface area contributed by atoms with Crippen LogP contribution in [0.25, 0.3) is 0 Å². The van der Waals surface area contributed by atoms with Crippen LogP contribution in [0, 0.1) is 59.2 Å². The van der Waals surface area contributed by atoms with E-state index in [1.807, 2.05) is 13.8 Å². The number of hydrogen-bond donors (Lipinski definition) is 0. The Morgan fingerprint density at radius 3 is 1.18 bits per heavy atom. The quantitative estimate of drug-likeness (QED) is 0.420. The maximum Gasteiger partial charge on any atom is -0.0352 e. The second kappa shape index (κ2) is 10.3. The minimum absolute atomic E-state index is 1.06. The third kappa shape index (κ3) is 4.51. The molecule has 8 atom stereocenters. The van der Waals surface area contributed by atoms with E-state index >= 15 is 0 Å². The summed E-state index contributed by atoms with van der Waals surface area (Å²) >= 11 is 0. The van der Waals surface area contributed by atoms with Crippen molar-refractivity contribution in [2.75, 3.05) is 0 Å². The van der Waals surface area contributed by atoms with Crippen molar-refractivity contribution in [3.63, 3.8) is 0 Å². The van der Waals surface area contributed by atoms with Gasteiger partial charge in [0, 0.05) is 0 Å². The van der Waals surface area contributed by atoms with Gasteiger partial charge in [-0.25, -0.2) is 0 Å². The zero-order chi connectivity index (χ0) is 20.3. The van der Waals surface area contributed by atoms with E-state index in [4.69, 9.17) is 0 Å². The molecule has 6 aliphatic rings. The highest BCUT2D eigenvalue weighted by Crippen LogP contribution is 2.61. The van der Waals surface area contributed by atoms with Crippen molar-refractivity contribution < 1.29 is 0 Å². The van der Waals surface area contributed by atoms with E-state index < -0.39 is 0 Å². The highest BCUT2D eigenvalue weighted by Gasteiger charge is 2.51. The van der Waals surface area contributed by atoms with Crippen LogP contribution in [-0.2, 0) is 0 Å². The third-order valence-electron chi connectivity index (χ3n) is 9.69. The maximum absolute atomic E-state index is 2.46. The number of hydrogen-bond acceptors (Lipinski definition) is 0. The van der Waals surface area contributed by atoms with Gasteiger partial charge >= 0.3 is 0 Å². The Kier molecular flexibility index (Phi) is 8.38. The molecule has 0 radical (unpaired) electrons. The van der Waals surface area contributed by atoms with Crippen LogP contribution in [0.2, 0.25) is 0 Å². The second-order valence-electron chi connectivity index (χ2n) is 11.4. The molecule has 6 fully saturated rings. The van der Waals surface area contributed by atoms with Gasteiger partial charge < -0.3 is 0 Å². The predicted octanol–water partition coefficient (Wildman–Crippen LogP) is 8.99. The average molecular weight is 389 g/mol. The minimum Gasteiger partial charge on any atom is -0.0683 e. The summed E-state index contributed by atoms with van der Waals surface area (Å²) in [6, 6.07) is 0. The fourth-order valence-electron chi connectivity index (χ4n) is 8.75. The van der Waals surface area contributed by atoms with Gasteiger partial charge in [0.05, 0.1) is 0 Å². The first-order valence-electron chi connectivity index (χ1n) is 13.6. The van der Waals surface area contributed by atoms with Crippen LogP contribution in [0.1, 0.15) is 119 Å². The Bertz CT molecular complexity index is 417. The fourth-order valence-corrected chi connectivity index (χ4v) is 8.75. The van der Waals surface area contributed by atoms with Gasteiger partial charge in [-0.2, -0.15) is 0 Å². The summed E-state index contributed by atoms with van der Waals surface area (Å²) in [5.41, 5.74) is 0. The van der Waals surface area contributed by atoms with Crippen molar-refractivity contribution in [1.29, 1.82) is 0 Å². The van der Waals surface area contributed by atoms with Gasteiger partial charge in [0.2, 0.25) is 0 Å². The van der Waals surface area contributed by atoms with Gasteiger partial charge in [-0.15, -0.1) is 0 Å². The van der Waals surface area contributed by atoms with Crippen molar-refractivity contribution in [2.24, 2.45) is 59.2 Å². The Labute approximate surface area is 178 Å². The van der Waals surface area contributed by atoms with E-state index in [0.29, 0.717) is 0 Å². The monoisotopic (exact) mass is 388 g/mol. The minimum atomic E-state index is 1.06. The molecule has 0 heteroatoms. The summed E-state index contributed by atoms with van der Waals surface area (Å²) in [4.78, 5) is 0. The first-order valence-corrected chi connectivity index (χ1v) is 13.6. The Morgan fingerprint density at radius 2 is 0.857 bits per heavy atom. The van der Waals surface area contributed by atoms with Gasteiger partial charge in [-0.1, -0.05) is 54.4 Å². The third-order valence-corrected chi connectivity index (χ3v) is 9.69. The number of fused-ring (bicyclic) bond motifs is 10. The van der Waals surface area contributed by atoms with Crippen molar-refractivity contribution in [3.8, 4) is 0 Å². The molecule has 4 bridgehead atoms. The molecule has 0 nitrogen and oxygen atoms in total. The molecule has 0 aromatic heterocycles. The van der Waals surface area contributed by atoms with E-state index in [0.717, 1.165) is 11.8 Å². The lowest BCUT2D eigenvalue weighted by Gasteiger charge is -2.23. The lowest BCUT2D eigenvalue weighted by Crippen LogP contribution is -2.15. The van der Waals surface area contributed by atoms with Crippen LogP contribution in [0.15, 0.2) is 0 Å². The van der Waals surface area contributed by atoms with Crippen LogP contribution in [0.5, 0.6) is 0 Å². The van der Waals surface area contributed by atoms with E-state index in [2.05, 4.69) is 27.7 Å². The molecule has 6 saturated carbocycles. The van der Waals surface area contributed by atoms with E-state index in [-0.39, 0.29) is 0 Å². The van der Waals surface area contributed by atoms with Crippen LogP contribution < -0.4 is 0 Å². The fraction of sp³-hybridized carbons (Fsp3) is 1.00. The molecule has 0 aromatic carbocycles. The molecule has 0 aliphatic heterocycles. The molecule has 6 aliphatic carbocycles. The standard InChI is InChI=1S/C12H20.C11H18.C3H8.C2H6/c1-2-8-5-11-9-3-4-10(7-9)12(11)6-8;1-7-4-10-8-2-3-9(6-8)11(10)5-7;1-3-2;1-2/h8-12H,2-7H2,1H3;7-11H,2-6H2,1H3;3H2,1-2H3;1-2H3. The lowest BCUT2D eigenvalue weighted by atomic mass is 9.82. The van der Waals surface area contributed by atoms with Gasteiger partial charge in [0.25, 0.3) is 0 Å². The second-order valence-corrected chi connectivity index (χ2v) is 11.4. The first kappa shape index (κ1) is 22.7. The van der Waals surface area contributed by atoms with Gasteiger partial charge in [0.1, 0.15) is 0 Å². The van der Waals surface area contributed by atoms with Crippen LogP contribution >= 0.6 is 0 Å². The maximum atomic E-state index is 2.46. The molecule has 28 heavy (non-hydrogen) atoms. The summed E-state index contributed by atoms with van der Waals surface area (Å²) in [5.74, 6) is 11.6. The zero-order valence-corrected chi connectivity index (χ0v) is 20.3. The molecule has 6 rings (SSSR count). The topological polar surface area (TPSA) is 0 Å². The Morgan fingerprint density at radius 1 is 0.536 bits per heavy atom. The Hall–Kier alpha value is 0. The van der Waals surface area contributed by atoms with Gasteiger partial charge in [-0.3, -0.25) is 0 Å². The van der Waals surface area contributed by atoms with E-state index in [1.54, 1.807) is 64.2 Å². The molecule has 0 heterocycles. The molecule has 0 amide bonds. The number of rotatable bonds is 1. The molecule has 0 spiro atoms. The molecular weight excluding hydrogens is 336 g/mol. The molecule has 164 valence electrons. The van der Waals surface area contributed by atoms with E-state index in [1.165, 1.54) is 60.2 Å². The normalized spacial score (nSPS) is 48.6. The summed E-state index contributed by atoms with van der Waals surface area (Å²) in [7, 11) is 0. The molecule has 8 unspecified atom stereocenters. The van der Waals surface area contributed by atoms with Crippen LogP contribution in [-0.4, -0.2) is 0 Å². The van der Waals surface area contributed by atoms with Crippen LogP contribution in [0.4, 0.5) is 0 Å². The Balaban J connectivity index is 0.000000132. The SMILES string of the molecule is CC.CC1CC2C3CCC(C3)C2C1.CCC.CCC1CC2C3CCC(C3)C2C1. The highest BCUT2D eigenvalue weighted by atomic mass is 14.6. The highest BCUT2D eigenvalue weighted by molar-refractivity contribution is 5.01.